The van der Waals surface area contributed by atoms with Crippen molar-refractivity contribution in [3.63, 3.8) is 0 Å². The molecular weight excluding hydrogens is 352 g/mol. The second-order valence-electron chi connectivity index (χ2n) is 6.13. The molecule has 0 radical (unpaired) electrons. The summed E-state index contributed by atoms with van der Waals surface area (Å²) >= 11 is 0. The van der Waals surface area contributed by atoms with Crippen LogP contribution in [0.2, 0.25) is 0 Å². The van der Waals surface area contributed by atoms with E-state index in [1.807, 2.05) is 35.8 Å². The highest BCUT2D eigenvalue weighted by atomic mass is 32.2. The third-order valence-corrected chi connectivity index (χ3v) is 5.88. The molecule has 0 bridgehead atoms. The van der Waals surface area contributed by atoms with Crippen LogP contribution in [0.1, 0.15) is 18.3 Å². The largest absolute Gasteiger partial charge is 0.327 e. The van der Waals surface area contributed by atoms with E-state index in [4.69, 9.17) is 0 Å². The Kier molecular flexibility index (Phi) is 4.01. The molecule has 1 aromatic heterocycles. The van der Waals surface area contributed by atoms with Gasteiger partial charge in [-0.2, -0.15) is 0 Å². The number of nitrogens with one attached hydrogen (secondary N) is 2. The number of hydrogen-bond donors (Lipinski definition) is 2. The molecule has 0 fully saturated rings. The van der Waals surface area contributed by atoms with Gasteiger partial charge in [0.1, 0.15) is 5.82 Å². The van der Waals surface area contributed by atoms with Crippen molar-refractivity contribution in [2.75, 3.05) is 5.32 Å². The number of carbonyl (C=O) groups is 1. The summed E-state index contributed by atoms with van der Waals surface area (Å²) in [6, 6.07) is 12.4. The average Bonchev–Trinajstić information content (AvgIpc) is 3.17. The number of amides is 1. The third-order valence-electron chi connectivity index (χ3n) is 4.48. The van der Waals surface area contributed by atoms with Gasteiger partial charge < -0.3 is 9.88 Å². The summed E-state index contributed by atoms with van der Waals surface area (Å²) in [6.07, 6.45) is 0.199. The van der Waals surface area contributed by atoms with Gasteiger partial charge in [0, 0.05) is 12.2 Å². The first-order valence-electron chi connectivity index (χ1n) is 8.34. The molecule has 8 heteroatoms. The van der Waals surface area contributed by atoms with Crippen LogP contribution in [-0.2, 0) is 34.3 Å². The van der Waals surface area contributed by atoms with Gasteiger partial charge in [-0.25, -0.2) is 18.1 Å². The van der Waals surface area contributed by atoms with Crippen LogP contribution in [0.5, 0.6) is 0 Å². The van der Waals surface area contributed by atoms with Crippen molar-refractivity contribution >= 4 is 32.7 Å². The van der Waals surface area contributed by atoms with Gasteiger partial charge in [0.15, 0.2) is 0 Å². The van der Waals surface area contributed by atoms with Crippen molar-refractivity contribution in [2.45, 2.75) is 31.3 Å². The molecular formula is C18H18N4O3S. The van der Waals surface area contributed by atoms with E-state index in [0.29, 0.717) is 23.6 Å². The average molecular weight is 370 g/mol. The van der Waals surface area contributed by atoms with Crippen molar-refractivity contribution in [3.05, 3.63) is 53.9 Å². The summed E-state index contributed by atoms with van der Waals surface area (Å²) in [6.45, 7) is 2.79. The number of anilines is 1. The number of rotatable bonds is 5. The van der Waals surface area contributed by atoms with Crippen LogP contribution in [0.25, 0.3) is 11.0 Å². The number of benzene rings is 2. The molecule has 134 valence electrons. The molecule has 2 aromatic carbocycles. The van der Waals surface area contributed by atoms with Crippen molar-refractivity contribution in [1.29, 1.82) is 0 Å². The predicted molar refractivity (Wildman–Crippen MR) is 98.2 cm³/mol. The Morgan fingerprint density at radius 2 is 2.04 bits per heavy atom. The first kappa shape index (κ1) is 16.7. The normalized spacial score (nSPS) is 13.8. The molecule has 0 saturated carbocycles. The molecule has 1 amide bonds. The van der Waals surface area contributed by atoms with Crippen LogP contribution in [0.3, 0.4) is 0 Å². The van der Waals surface area contributed by atoms with Crippen LogP contribution < -0.4 is 10.0 Å². The molecule has 1 aliphatic rings. The van der Waals surface area contributed by atoms with Crippen LogP contribution in [0.4, 0.5) is 5.69 Å². The second kappa shape index (κ2) is 6.22. The van der Waals surface area contributed by atoms with Gasteiger partial charge in [0.25, 0.3) is 0 Å². The van der Waals surface area contributed by atoms with Crippen LogP contribution in [0.15, 0.2) is 47.4 Å². The number of fused-ring (bicyclic) bond motifs is 2. The number of para-hydroxylation sites is 2. The molecule has 0 spiro atoms. The quantitative estimate of drug-likeness (QED) is 0.719. The summed E-state index contributed by atoms with van der Waals surface area (Å²) in [4.78, 5) is 16.1. The Hall–Kier alpha value is -2.71. The van der Waals surface area contributed by atoms with E-state index in [0.717, 1.165) is 11.0 Å². The van der Waals surface area contributed by atoms with Gasteiger partial charge in [-0.1, -0.05) is 12.1 Å². The number of imidazole rings is 1. The molecule has 0 atom stereocenters. The Bertz CT molecular complexity index is 1120. The molecule has 0 unspecified atom stereocenters. The highest BCUT2D eigenvalue weighted by molar-refractivity contribution is 7.89. The standard InChI is InChI=1S/C18H18N4O3S/c1-2-22-16-6-4-3-5-15(16)20-17(22)11-19-26(24,25)13-7-8-14-12(9-13)10-18(23)21-14/h3-9,19H,2,10-11H2,1H3,(H,21,23). The van der Waals surface area contributed by atoms with E-state index < -0.39 is 10.0 Å². The molecule has 3 aromatic rings. The van der Waals surface area contributed by atoms with Crippen molar-refractivity contribution < 1.29 is 13.2 Å². The zero-order valence-electron chi connectivity index (χ0n) is 14.2. The van der Waals surface area contributed by atoms with Crippen molar-refractivity contribution in [3.8, 4) is 0 Å². The third kappa shape index (κ3) is 2.87. The molecule has 7 nitrogen and oxygen atoms in total. The lowest BCUT2D eigenvalue weighted by Crippen LogP contribution is -2.25. The Morgan fingerprint density at radius 3 is 2.85 bits per heavy atom. The minimum absolute atomic E-state index is 0.0963. The SMILES string of the molecule is CCn1c(CNS(=O)(=O)c2ccc3c(c2)CC(=O)N3)nc2ccccc21. The highest BCUT2D eigenvalue weighted by Crippen LogP contribution is 2.26. The zero-order chi connectivity index (χ0) is 18.3. The lowest BCUT2D eigenvalue weighted by molar-refractivity contribution is -0.115. The second-order valence-corrected chi connectivity index (χ2v) is 7.90. The molecule has 2 N–H and O–H groups in total. The zero-order valence-corrected chi connectivity index (χ0v) is 15.0. The van der Waals surface area contributed by atoms with E-state index in [1.165, 1.54) is 6.07 Å². The smallest absolute Gasteiger partial charge is 0.240 e. The van der Waals surface area contributed by atoms with Crippen LogP contribution in [0, 0.1) is 0 Å². The maximum absolute atomic E-state index is 12.6. The number of carbonyl (C=O) groups excluding carboxylic acids is 1. The number of aromatic nitrogens is 2. The fourth-order valence-corrected chi connectivity index (χ4v) is 4.26. The molecule has 2 heterocycles. The summed E-state index contributed by atoms with van der Waals surface area (Å²) in [5, 5.41) is 2.70. The number of nitrogens with zero attached hydrogens (tertiary/aromatic N) is 2. The molecule has 4 rings (SSSR count). The Labute approximate surface area is 151 Å². The Balaban J connectivity index is 1.60. The summed E-state index contributed by atoms with van der Waals surface area (Å²) in [5.74, 6) is 0.537. The molecule has 0 aliphatic carbocycles. The van der Waals surface area contributed by atoms with E-state index in [-0.39, 0.29) is 23.8 Å². The fraction of sp³-hybridized carbons (Fsp3) is 0.222. The van der Waals surface area contributed by atoms with E-state index in [9.17, 15) is 13.2 Å². The van der Waals surface area contributed by atoms with E-state index >= 15 is 0 Å². The predicted octanol–water partition coefficient (Wildman–Crippen LogP) is 2.03. The van der Waals surface area contributed by atoms with Gasteiger partial charge in [-0.05, 0) is 42.8 Å². The van der Waals surface area contributed by atoms with Crippen LogP contribution in [-0.4, -0.2) is 23.9 Å². The first-order valence-corrected chi connectivity index (χ1v) is 9.83. The topological polar surface area (TPSA) is 93.1 Å². The minimum atomic E-state index is -3.70. The van der Waals surface area contributed by atoms with E-state index in [1.54, 1.807) is 12.1 Å². The summed E-state index contributed by atoms with van der Waals surface area (Å²) in [7, 11) is -3.70. The lowest BCUT2D eigenvalue weighted by atomic mass is 10.2. The monoisotopic (exact) mass is 370 g/mol. The first-order chi connectivity index (χ1) is 12.5. The maximum Gasteiger partial charge on any atom is 0.240 e. The van der Waals surface area contributed by atoms with Gasteiger partial charge in [0.2, 0.25) is 15.9 Å². The number of hydrogen-bond acceptors (Lipinski definition) is 4. The van der Waals surface area contributed by atoms with Gasteiger partial charge in [0.05, 0.1) is 28.9 Å². The minimum Gasteiger partial charge on any atom is -0.327 e. The highest BCUT2D eigenvalue weighted by Gasteiger charge is 2.22. The summed E-state index contributed by atoms with van der Waals surface area (Å²) < 4.78 is 29.9. The molecule has 1 aliphatic heterocycles. The molecule has 26 heavy (non-hydrogen) atoms. The lowest BCUT2D eigenvalue weighted by Gasteiger charge is -2.09. The van der Waals surface area contributed by atoms with Crippen molar-refractivity contribution in [1.82, 2.24) is 14.3 Å². The number of aryl methyl sites for hydroxylation is 1. The fourth-order valence-electron chi connectivity index (χ4n) is 3.23. The van der Waals surface area contributed by atoms with Crippen molar-refractivity contribution in [2.24, 2.45) is 0 Å². The van der Waals surface area contributed by atoms with Gasteiger partial charge >= 0.3 is 0 Å². The van der Waals surface area contributed by atoms with Gasteiger partial charge in [-0.3, -0.25) is 4.79 Å². The molecule has 0 saturated heterocycles. The van der Waals surface area contributed by atoms with Gasteiger partial charge in [-0.15, -0.1) is 0 Å². The Morgan fingerprint density at radius 1 is 1.23 bits per heavy atom. The maximum atomic E-state index is 12.6. The summed E-state index contributed by atoms with van der Waals surface area (Å²) in [5.41, 5.74) is 3.18. The van der Waals surface area contributed by atoms with Crippen LogP contribution >= 0.6 is 0 Å². The van der Waals surface area contributed by atoms with E-state index in [2.05, 4.69) is 15.0 Å². The number of sulfonamides is 1.